The van der Waals surface area contributed by atoms with E-state index in [4.69, 9.17) is 9.72 Å². The van der Waals surface area contributed by atoms with Crippen molar-refractivity contribution in [3.8, 4) is 0 Å². The van der Waals surface area contributed by atoms with Crippen LogP contribution in [0.2, 0.25) is 0 Å². The van der Waals surface area contributed by atoms with Gasteiger partial charge in [0.05, 0.1) is 11.7 Å². The van der Waals surface area contributed by atoms with Crippen molar-refractivity contribution in [3.63, 3.8) is 0 Å². The van der Waals surface area contributed by atoms with Gasteiger partial charge in [-0.05, 0) is 38.5 Å². The fraction of sp³-hybridized carbons (Fsp3) is 0.700. The molecule has 2 atom stereocenters. The van der Waals surface area contributed by atoms with Crippen LogP contribution in [-0.4, -0.2) is 57.4 Å². The van der Waals surface area contributed by atoms with Crippen LogP contribution in [0.25, 0.3) is 0 Å². The van der Waals surface area contributed by atoms with Gasteiger partial charge in [0.15, 0.2) is 5.82 Å². The number of rotatable bonds is 2. The van der Waals surface area contributed by atoms with Crippen molar-refractivity contribution in [2.45, 2.75) is 70.6 Å². The summed E-state index contributed by atoms with van der Waals surface area (Å²) in [6, 6.07) is -0.0168. The maximum Gasteiger partial charge on any atom is 0.252 e. The van der Waals surface area contributed by atoms with Gasteiger partial charge in [0.1, 0.15) is 6.10 Å². The molecule has 146 valence electrons. The second-order valence-corrected chi connectivity index (χ2v) is 7.79. The van der Waals surface area contributed by atoms with Crippen LogP contribution in [0.3, 0.4) is 0 Å². The van der Waals surface area contributed by atoms with Gasteiger partial charge in [-0.2, -0.15) is 0 Å². The highest BCUT2D eigenvalue weighted by Gasteiger charge is 2.32. The Morgan fingerprint density at radius 1 is 1.15 bits per heavy atom. The molecular weight excluding hydrogens is 344 g/mol. The Hall–Kier alpha value is -2.02. The third kappa shape index (κ3) is 3.83. The standard InChI is InChI=1S/C20H28N4O3/c1-14(25)24-9-4-2-6-17(24)19-21-12-15-13-23(10-8-16(15)22-19)20(26)18-7-3-5-11-27-18/h12,17-18H,2-11,13H2,1H3. The van der Waals surface area contributed by atoms with Gasteiger partial charge >= 0.3 is 0 Å². The molecule has 1 aromatic rings. The van der Waals surface area contributed by atoms with E-state index in [2.05, 4.69) is 4.98 Å². The average Bonchev–Trinajstić information content (AvgIpc) is 2.73. The minimum absolute atomic E-state index is 0.0168. The molecule has 7 nitrogen and oxygen atoms in total. The van der Waals surface area contributed by atoms with Crippen LogP contribution in [0.1, 0.15) is 68.6 Å². The predicted octanol–water partition coefficient (Wildman–Crippen LogP) is 2.00. The highest BCUT2D eigenvalue weighted by molar-refractivity contribution is 5.81. The number of carbonyl (C=O) groups excluding carboxylic acids is 2. The Kier molecular flexibility index (Phi) is 5.38. The fourth-order valence-electron chi connectivity index (χ4n) is 4.40. The topological polar surface area (TPSA) is 75.6 Å². The van der Waals surface area contributed by atoms with Crippen LogP contribution in [0.5, 0.6) is 0 Å². The van der Waals surface area contributed by atoms with Crippen molar-refractivity contribution >= 4 is 11.8 Å². The van der Waals surface area contributed by atoms with Gasteiger partial charge in [-0.15, -0.1) is 0 Å². The van der Waals surface area contributed by atoms with Gasteiger partial charge in [0.25, 0.3) is 5.91 Å². The van der Waals surface area contributed by atoms with E-state index in [-0.39, 0.29) is 24.0 Å². The van der Waals surface area contributed by atoms with Gasteiger partial charge in [-0.1, -0.05) is 0 Å². The first-order chi connectivity index (χ1) is 13.1. The summed E-state index contributed by atoms with van der Waals surface area (Å²) in [4.78, 5) is 37.8. The molecule has 1 aromatic heterocycles. The number of hydrogen-bond donors (Lipinski definition) is 0. The van der Waals surface area contributed by atoms with Gasteiger partial charge in [-0.3, -0.25) is 9.59 Å². The van der Waals surface area contributed by atoms with Crippen molar-refractivity contribution in [2.75, 3.05) is 19.7 Å². The Balaban J connectivity index is 1.48. The number of ether oxygens (including phenoxy) is 1. The summed E-state index contributed by atoms with van der Waals surface area (Å²) in [5.74, 6) is 0.934. The summed E-state index contributed by atoms with van der Waals surface area (Å²) in [5, 5.41) is 0. The van der Waals surface area contributed by atoms with Gasteiger partial charge in [0, 0.05) is 51.3 Å². The summed E-state index contributed by atoms with van der Waals surface area (Å²) in [6.45, 7) is 4.30. The Morgan fingerprint density at radius 3 is 2.78 bits per heavy atom. The molecule has 27 heavy (non-hydrogen) atoms. The van der Waals surface area contributed by atoms with E-state index in [1.807, 2.05) is 16.0 Å². The van der Waals surface area contributed by atoms with Gasteiger partial charge in [-0.25, -0.2) is 9.97 Å². The highest BCUT2D eigenvalue weighted by atomic mass is 16.5. The number of piperidine rings is 1. The molecule has 0 spiro atoms. The zero-order chi connectivity index (χ0) is 18.8. The van der Waals surface area contributed by atoms with Crippen LogP contribution in [0.4, 0.5) is 0 Å². The lowest BCUT2D eigenvalue weighted by molar-refractivity contribution is -0.147. The minimum Gasteiger partial charge on any atom is -0.368 e. The average molecular weight is 372 g/mol. The number of aromatic nitrogens is 2. The second-order valence-electron chi connectivity index (χ2n) is 7.79. The molecule has 0 aliphatic carbocycles. The van der Waals surface area contributed by atoms with Gasteiger partial charge < -0.3 is 14.5 Å². The summed E-state index contributed by atoms with van der Waals surface area (Å²) < 4.78 is 5.65. The second kappa shape index (κ2) is 7.92. The van der Waals surface area contributed by atoms with Gasteiger partial charge in [0.2, 0.25) is 5.91 Å². The molecule has 0 aromatic carbocycles. The first-order valence-electron chi connectivity index (χ1n) is 10.2. The lowest BCUT2D eigenvalue weighted by atomic mass is 10.00. The highest BCUT2D eigenvalue weighted by Crippen LogP contribution is 2.30. The molecule has 3 aliphatic rings. The summed E-state index contributed by atoms with van der Waals surface area (Å²) in [6.07, 6.45) is 8.28. The molecule has 0 N–H and O–H groups in total. The lowest BCUT2D eigenvalue weighted by Crippen LogP contribution is -2.44. The number of carbonyl (C=O) groups is 2. The van der Waals surface area contributed by atoms with E-state index in [0.717, 1.165) is 68.6 Å². The quantitative estimate of drug-likeness (QED) is 0.794. The van der Waals surface area contributed by atoms with E-state index < -0.39 is 0 Å². The molecule has 2 unspecified atom stereocenters. The summed E-state index contributed by atoms with van der Waals surface area (Å²) >= 11 is 0. The third-order valence-electron chi connectivity index (χ3n) is 5.92. The van der Waals surface area contributed by atoms with Crippen molar-refractivity contribution in [3.05, 3.63) is 23.3 Å². The largest absolute Gasteiger partial charge is 0.368 e. The molecule has 4 rings (SSSR count). The normalized spacial score (nSPS) is 25.8. The van der Waals surface area contributed by atoms with Crippen LogP contribution in [0.15, 0.2) is 6.20 Å². The van der Waals surface area contributed by atoms with Crippen LogP contribution in [0, 0.1) is 0 Å². The number of hydrogen-bond acceptors (Lipinski definition) is 5. The maximum absolute atomic E-state index is 12.7. The monoisotopic (exact) mass is 372 g/mol. The Bertz CT molecular complexity index is 717. The number of likely N-dealkylation sites (tertiary alicyclic amines) is 1. The predicted molar refractivity (Wildman–Crippen MR) is 98.7 cm³/mol. The molecule has 2 fully saturated rings. The molecule has 3 aliphatic heterocycles. The lowest BCUT2D eigenvalue weighted by Gasteiger charge is -2.35. The smallest absolute Gasteiger partial charge is 0.252 e. The van der Waals surface area contributed by atoms with Crippen LogP contribution >= 0.6 is 0 Å². The van der Waals surface area contributed by atoms with E-state index >= 15 is 0 Å². The maximum atomic E-state index is 12.7. The van der Waals surface area contributed by atoms with Crippen molar-refractivity contribution in [1.29, 1.82) is 0 Å². The molecule has 0 saturated carbocycles. The molecular formula is C20H28N4O3. The first-order valence-corrected chi connectivity index (χ1v) is 10.2. The Morgan fingerprint density at radius 2 is 2.00 bits per heavy atom. The van der Waals surface area contributed by atoms with Crippen LogP contribution in [-0.2, 0) is 27.3 Å². The van der Waals surface area contributed by atoms with Crippen molar-refractivity contribution < 1.29 is 14.3 Å². The summed E-state index contributed by atoms with van der Waals surface area (Å²) in [7, 11) is 0. The van der Waals surface area contributed by atoms with Crippen LogP contribution < -0.4 is 0 Å². The van der Waals surface area contributed by atoms with Crippen molar-refractivity contribution in [2.24, 2.45) is 0 Å². The SMILES string of the molecule is CC(=O)N1CCCCC1c1ncc2c(n1)CCN(C(=O)C1CCCCO1)C2. The minimum atomic E-state index is -0.285. The number of fused-ring (bicyclic) bond motifs is 1. The molecule has 0 radical (unpaired) electrons. The molecule has 7 heteroatoms. The Labute approximate surface area is 160 Å². The zero-order valence-electron chi connectivity index (χ0n) is 16.0. The van der Waals surface area contributed by atoms with E-state index in [1.54, 1.807) is 6.92 Å². The first kappa shape index (κ1) is 18.3. The molecule has 2 saturated heterocycles. The number of amides is 2. The van der Waals surface area contributed by atoms with E-state index in [9.17, 15) is 9.59 Å². The summed E-state index contributed by atoms with van der Waals surface area (Å²) in [5.41, 5.74) is 2.03. The van der Waals surface area contributed by atoms with E-state index in [0.29, 0.717) is 19.7 Å². The number of nitrogens with zero attached hydrogens (tertiary/aromatic N) is 4. The molecule has 0 bridgehead atoms. The van der Waals surface area contributed by atoms with Crippen molar-refractivity contribution in [1.82, 2.24) is 19.8 Å². The molecule has 4 heterocycles. The third-order valence-corrected chi connectivity index (χ3v) is 5.92. The fourth-order valence-corrected chi connectivity index (χ4v) is 4.40. The zero-order valence-corrected chi connectivity index (χ0v) is 16.0. The molecule has 2 amide bonds. The van der Waals surface area contributed by atoms with E-state index in [1.165, 1.54) is 0 Å².